The normalized spacial score (nSPS) is 11.6. The lowest BCUT2D eigenvalue weighted by molar-refractivity contribution is -0.702. The SMILES string of the molecule is Br.CCCCCCCCCCCC=CCCc1ccccc1OC(CC)C[n+]1ccccc1.N. The average Bonchev–Trinajstić information content (AvgIpc) is 2.83. The predicted octanol–water partition coefficient (Wildman–Crippen LogP) is 8.98. The van der Waals surface area contributed by atoms with Crippen LogP contribution in [0.4, 0.5) is 0 Å². The molecule has 2 aromatic rings. The van der Waals surface area contributed by atoms with Crippen LogP contribution in [0.5, 0.6) is 5.75 Å². The molecule has 0 aliphatic carbocycles. The first-order chi connectivity index (χ1) is 15.8. The van der Waals surface area contributed by atoms with Gasteiger partial charge in [0, 0.05) is 12.1 Å². The third-order valence-corrected chi connectivity index (χ3v) is 6.13. The summed E-state index contributed by atoms with van der Waals surface area (Å²) >= 11 is 0. The van der Waals surface area contributed by atoms with Gasteiger partial charge in [0.1, 0.15) is 5.75 Å². The molecule has 1 heterocycles. The lowest BCUT2D eigenvalue weighted by Crippen LogP contribution is -2.41. The Balaban J connectivity index is 0.00000544. The lowest BCUT2D eigenvalue weighted by Gasteiger charge is -2.17. The van der Waals surface area contributed by atoms with Gasteiger partial charge in [-0.25, -0.2) is 4.57 Å². The fourth-order valence-corrected chi connectivity index (χ4v) is 4.09. The van der Waals surface area contributed by atoms with Gasteiger partial charge < -0.3 is 10.9 Å². The number of para-hydroxylation sites is 1. The van der Waals surface area contributed by atoms with Gasteiger partial charge in [-0.15, -0.1) is 17.0 Å². The van der Waals surface area contributed by atoms with Crippen molar-refractivity contribution in [3.05, 3.63) is 72.6 Å². The largest absolute Gasteiger partial charge is 0.484 e. The fourth-order valence-electron chi connectivity index (χ4n) is 4.09. The number of aryl methyl sites for hydroxylation is 1. The number of allylic oxidation sites excluding steroid dienone is 2. The molecule has 1 unspecified atom stereocenters. The molecule has 1 atom stereocenters. The molecule has 1 aromatic carbocycles. The Morgan fingerprint density at radius 2 is 1.38 bits per heavy atom. The zero-order valence-electron chi connectivity index (χ0n) is 21.8. The van der Waals surface area contributed by atoms with E-state index in [2.05, 4.69) is 85.4 Å². The van der Waals surface area contributed by atoms with E-state index in [4.69, 9.17) is 4.74 Å². The maximum absolute atomic E-state index is 6.42. The number of pyridine rings is 1. The minimum atomic E-state index is 0. The number of unbranched alkanes of at least 4 members (excludes halogenated alkanes) is 9. The molecule has 3 N–H and O–H groups in total. The van der Waals surface area contributed by atoms with E-state index in [0.29, 0.717) is 0 Å². The van der Waals surface area contributed by atoms with Crippen molar-refractivity contribution < 1.29 is 9.30 Å². The van der Waals surface area contributed by atoms with E-state index in [-0.39, 0.29) is 29.2 Å². The van der Waals surface area contributed by atoms with Gasteiger partial charge in [-0.2, -0.15) is 0 Å². The second-order valence-electron chi connectivity index (χ2n) is 8.96. The van der Waals surface area contributed by atoms with Gasteiger partial charge in [0.05, 0.1) is 0 Å². The fraction of sp³-hybridized carbons (Fsp3) is 0.567. The van der Waals surface area contributed by atoms with Gasteiger partial charge >= 0.3 is 0 Å². The highest BCUT2D eigenvalue weighted by Crippen LogP contribution is 2.22. The third-order valence-electron chi connectivity index (χ3n) is 6.13. The van der Waals surface area contributed by atoms with E-state index in [0.717, 1.165) is 31.6 Å². The van der Waals surface area contributed by atoms with Crippen molar-refractivity contribution in [2.24, 2.45) is 0 Å². The minimum Gasteiger partial charge on any atom is -0.484 e. The van der Waals surface area contributed by atoms with E-state index in [1.807, 2.05) is 0 Å². The van der Waals surface area contributed by atoms with Gasteiger partial charge in [0.15, 0.2) is 25.0 Å². The van der Waals surface area contributed by atoms with Crippen molar-refractivity contribution >= 4 is 17.0 Å². The van der Waals surface area contributed by atoms with E-state index >= 15 is 0 Å². The van der Waals surface area contributed by atoms with Crippen molar-refractivity contribution in [3.63, 3.8) is 0 Å². The molecule has 0 spiro atoms. The van der Waals surface area contributed by atoms with Crippen molar-refractivity contribution in [1.29, 1.82) is 0 Å². The molecule has 0 saturated carbocycles. The van der Waals surface area contributed by atoms with Crippen LogP contribution in [-0.2, 0) is 13.0 Å². The molecular formula is C30H50BrN2O+. The molecule has 0 radical (unpaired) electrons. The zero-order chi connectivity index (χ0) is 22.7. The lowest BCUT2D eigenvalue weighted by atomic mass is 10.1. The molecule has 0 bridgehead atoms. The van der Waals surface area contributed by atoms with Crippen molar-refractivity contribution in [2.75, 3.05) is 0 Å². The second-order valence-corrected chi connectivity index (χ2v) is 8.96. The van der Waals surface area contributed by atoms with E-state index in [1.165, 1.54) is 69.8 Å². The first-order valence-electron chi connectivity index (χ1n) is 13.2. The molecule has 0 aliphatic rings. The summed E-state index contributed by atoms with van der Waals surface area (Å²) in [6.45, 7) is 5.37. The monoisotopic (exact) mass is 533 g/mol. The van der Waals surface area contributed by atoms with Crippen molar-refractivity contribution in [2.45, 2.75) is 110 Å². The maximum atomic E-state index is 6.42. The molecule has 192 valence electrons. The summed E-state index contributed by atoms with van der Waals surface area (Å²) in [5, 5.41) is 0. The van der Waals surface area contributed by atoms with Gasteiger partial charge in [-0.1, -0.05) is 102 Å². The van der Waals surface area contributed by atoms with Gasteiger partial charge in [0.2, 0.25) is 0 Å². The number of hydrogen-bond acceptors (Lipinski definition) is 2. The van der Waals surface area contributed by atoms with Crippen LogP contribution in [0, 0.1) is 0 Å². The van der Waals surface area contributed by atoms with Crippen LogP contribution in [0.1, 0.15) is 96.5 Å². The number of aromatic nitrogens is 1. The molecule has 1 aromatic heterocycles. The van der Waals surface area contributed by atoms with Gasteiger partial charge in [-0.3, -0.25) is 0 Å². The summed E-state index contributed by atoms with van der Waals surface area (Å²) in [4.78, 5) is 0. The van der Waals surface area contributed by atoms with Gasteiger partial charge in [-0.05, 0) is 43.7 Å². The smallest absolute Gasteiger partial charge is 0.184 e. The van der Waals surface area contributed by atoms with Crippen molar-refractivity contribution in [3.8, 4) is 5.75 Å². The Labute approximate surface area is 220 Å². The van der Waals surface area contributed by atoms with Crippen LogP contribution in [0.2, 0.25) is 0 Å². The topological polar surface area (TPSA) is 48.1 Å². The maximum Gasteiger partial charge on any atom is 0.184 e. The first kappa shape index (κ1) is 32.4. The number of nitrogens with zero attached hydrogens (tertiary/aromatic N) is 1. The summed E-state index contributed by atoms with van der Waals surface area (Å²) < 4.78 is 8.62. The van der Waals surface area contributed by atoms with E-state index < -0.39 is 0 Å². The van der Waals surface area contributed by atoms with Crippen LogP contribution in [-0.4, -0.2) is 6.10 Å². The Morgan fingerprint density at radius 1 is 0.765 bits per heavy atom. The molecular weight excluding hydrogens is 484 g/mol. The predicted molar refractivity (Wildman–Crippen MR) is 152 cm³/mol. The Morgan fingerprint density at radius 3 is 2.06 bits per heavy atom. The molecule has 0 amide bonds. The number of rotatable bonds is 18. The number of halogens is 1. The van der Waals surface area contributed by atoms with Crippen LogP contribution in [0.25, 0.3) is 0 Å². The van der Waals surface area contributed by atoms with Gasteiger partial charge in [0.25, 0.3) is 0 Å². The Bertz CT molecular complexity index is 736. The first-order valence-corrected chi connectivity index (χ1v) is 13.2. The quantitative estimate of drug-likeness (QED) is 0.118. The number of ether oxygens (including phenoxy) is 1. The molecule has 2 rings (SSSR count). The molecule has 0 fully saturated rings. The highest BCUT2D eigenvalue weighted by atomic mass is 79.9. The minimum absolute atomic E-state index is 0. The Kier molecular flexibility index (Phi) is 20.8. The standard InChI is InChI=1S/C30H46NO.BrH.H3N/c1-3-5-6-7-8-9-10-11-12-13-14-15-17-22-28-23-18-19-24-30(28)32-29(4-2)27-31-25-20-16-21-26-31;;/h14-16,18-21,23-26,29H,3-13,17,22,27H2,1-2H3;1H;1H3/q+1;;. The number of hydrogen-bond donors (Lipinski definition) is 1. The molecule has 0 saturated heterocycles. The van der Waals surface area contributed by atoms with Crippen LogP contribution < -0.4 is 15.5 Å². The van der Waals surface area contributed by atoms with Crippen molar-refractivity contribution in [1.82, 2.24) is 6.15 Å². The molecule has 3 nitrogen and oxygen atoms in total. The second kappa shape index (κ2) is 21.9. The van der Waals surface area contributed by atoms with E-state index in [9.17, 15) is 0 Å². The summed E-state index contributed by atoms with van der Waals surface area (Å²) in [5.74, 6) is 1.04. The third kappa shape index (κ3) is 14.6. The van der Waals surface area contributed by atoms with Crippen LogP contribution in [0.15, 0.2) is 67.0 Å². The van der Waals surface area contributed by atoms with E-state index in [1.54, 1.807) is 0 Å². The molecule has 0 aliphatic heterocycles. The summed E-state index contributed by atoms with van der Waals surface area (Å²) in [7, 11) is 0. The highest BCUT2D eigenvalue weighted by Gasteiger charge is 2.15. The summed E-state index contributed by atoms with van der Waals surface area (Å²) in [6.07, 6.45) is 26.1. The highest BCUT2D eigenvalue weighted by molar-refractivity contribution is 8.93. The average molecular weight is 535 g/mol. The molecule has 4 heteroatoms. The summed E-state index contributed by atoms with van der Waals surface area (Å²) in [5.41, 5.74) is 1.32. The van der Waals surface area contributed by atoms with Crippen LogP contribution in [0.3, 0.4) is 0 Å². The summed E-state index contributed by atoms with van der Waals surface area (Å²) in [6, 6.07) is 14.7. The Hall–Kier alpha value is -1.65. The number of benzene rings is 1. The van der Waals surface area contributed by atoms with Crippen LogP contribution >= 0.6 is 17.0 Å². The zero-order valence-corrected chi connectivity index (χ0v) is 23.5. The molecule has 34 heavy (non-hydrogen) atoms.